The molecule has 0 aromatic carbocycles. The van der Waals surface area contributed by atoms with Crippen LogP contribution in [0, 0.1) is 0 Å². The van der Waals surface area contributed by atoms with Crippen LogP contribution in [0.25, 0.3) is 0 Å². The highest BCUT2D eigenvalue weighted by atomic mass is 16.2. The highest BCUT2D eigenvalue weighted by Crippen LogP contribution is 2.07. The Bertz CT molecular complexity index is 171. The van der Waals surface area contributed by atoms with Gasteiger partial charge in [-0.3, -0.25) is 0 Å². The van der Waals surface area contributed by atoms with Crippen LogP contribution in [-0.2, 0) is 0 Å². The molecule has 96 valence electrons. The Labute approximate surface area is 100 Å². The van der Waals surface area contributed by atoms with Crippen LogP contribution >= 0.6 is 0 Å². The number of amides is 2. The third-order valence-electron chi connectivity index (χ3n) is 2.84. The van der Waals surface area contributed by atoms with Gasteiger partial charge in [0.1, 0.15) is 0 Å². The minimum Gasteiger partial charge on any atom is -0.351 e. The van der Waals surface area contributed by atoms with E-state index in [2.05, 4.69) is 13.8 Å². The molecule has 0 aliphatic heterocycles. The first-order chi connectivity index (χ1) is 7.72. The van der Waals surface area contributed by atoms with Crippen molar-refractivity contribution in [1.82, 2.24) is 4.90 Å². The number of carbonyl (C=O) groups excluding carboxylic acids is 1. The Morgan fingerprint density at radius 2 is 1.44 bits per heavy atom. The van der Waals surface area contributed by atoms with Crippen molar-refractivity contribution < 1.29 is 4.79 Å². The van der Waals surface area contributed by atoms with E-state index in [9.17, 15) is 4.79 Å². The van der Waals surface area contributed by atoms with Gasteiger partial charge >= 0.3 is 6.03 Å². The standard InChI is InChI=1S/C13H28N2O/c1-3-5-6-7-8-9-10-12-15(11-4-2)13(14)16/h3-12H2,1-2H3,(H2,14,16). The van der Waals surface area contributed by atoms with Gasteiger partial charge in [0, 0.05) is 13.1 Å². The van der Waals surface area contributed by atoms with Crippen molar-refractivity contribution in [1.29, 1.82) is 0 Å². The Hall–Kier alpha value is -0.730. The van der Waals surface area contributed by atoms with Gasteiger partial charge in [0.15, 0.2) is 0 Å². The first-order valence-electron chi connectivity index (χ1n) is 6.76. The van der Waals surface area contributed by atoms with Crippen molar-refractivity contribution in [2.75, 3.05) is 13.1 Å². The second-order valence-corrected chi connectivity index (χ2v) is 4.45. The van der Waals surface area contributed by atoms with E-state index in [1.54, 1.807) is 4.90 Å². The lowest BCUT2D eigenvalue weighted by Gasteiger charge is -2.19. The first kappa shape index (κ1) is 15.3. The summed E-state index contributed by atoms with van der Waals surface area (Å²) in [5, 5.41) is 0. The number of rotatable bonds is 10. The van der Waals surface area contributed by atoms with Crippen molar-refractivity contribution in [3.63, 3.8) is 0 Å². The van der Waals surface area contributed by atoms with Crippen LogP contribution in [0.15, 0.2) is 0 Å². The zero-order chi connectivity index (χ0) is 12.2. The lowest BCUT2D eigenvalue weighted by molar-refractivity contribution is 0.206. The molecule has 0 fully saturated rings. The summed E-state index contributed by atoms with van der Waals surface area (Å²) in [5.41, 5.74) is 5.29. The van der Waals surface area contributed by atoms with Gasteiger partial charge in [0.25, 0.3) is 0 Å². The molecule has 0 radical (unpaired) electrons. The molecule has 0 unspecified atom stereocenters. The SMILES string of the molecule is CCCCCCCCCN(CCC)C(N)=O. The number of hydrogen-bond donors (Lipinski definition) is 1. The van der Waals surface area contributed by atoms with Gasteiger partial charge < -0.3 is 10.6 Å². The van der Waals surface area contributed by atoms with E-state index < -0.39 is 0 Å². The van der Waals surface area contributed by atoms with Crippen LogP contribution in [-0.4, -0.2) is 24.0 Å². The number of urea groups is 1. The van der Waals surface area contributed by atoms with E-state index in [4.69, 9.17) is 5.73 Å². The van der Waals surface area contributed by atoms with Crippen molar-refractivity contribution >= 4 is 6.03 Å². The van der Waals surface area contributed by atoms with Crippen LogP contribution in [0.3, 0.4) is 0 Å². The molecule has 3 nitrogen and oxygen atoms in total. The summed E-state index contributed by atoms with van der Waals surface area (Å²) < 4.78 is 0. The molecule has 16 heavy (non-hydrogen) atoms. The summed E-state index contributed by atoms with van der Waals surface area (Å²) >= 11 is 0. The maximum atomic E-state index is 11.0. The van der Waals surface area contributed by atoms with Crippen molar-refractivity contribution in [2.45, 2.75) is 65.2 Å². The van der Waals surface area contributed by atoms with Gasteiger partial charge in [-0.15, -0.1) is 0 Å². The predicted octanol–water partition coefficient (Wildman–Crippen LogP) is 3.53. The zero-order valence-electron chi connectivity index (χ0n) is 11.0. The summed E-state index contributed by atoms with van der Waals surface area (Å²) in [6.45, 7) is 5.93. The van der Waals surface area contributed by atoms with Crippen LogP contribution in [0.5, 0.6) is 0 Å². The Morgan fingerprint density at radius 3 is 1.94 bits per heavy atom. The van der Waals surface area contributed by atoms with Crippen molar-refractivity contribution in [3.8, 4) is 0 Å². The summed E-state index contributed by atoms with van der Waals surface area (Å²) in [6.07, 6.45) is 9.92. The normalized spacial score (nSPS) is 10.4. The molecule has 0 heterocycles. The number of nitrogens with zero attached hydrogens (tertiary/aromatic N) is 1. The molecule has 0 aliphatic rings. The van der Waals surface area contributed by atoms with Crippen molar-refractivity contribution in [2.24, 2.45) is 5.73 Å². The second kappa shape index (κ2) is 10.8. The fourth-order valence-corrected chi connectivity index (χ4v) is 1.86. The van der Waals surface area contributed by atoms with Gasteiger partial charge in [-0.05, 0) is 12.8 Å². The summed E-state index contributed by atoms with van der Waals surface area (Å²) in [6, 6.07) is -0.271. The minimum absolute atomic E-state index is 0.271. The van der Waals surface area contributed by atoms with Gasteiger partial charge in [0.05, 0.1) is 0 Å². The highest BCUT2D eigenvalue weighted by Gasteiger charge is 2.06. The number of unbranched alkanes of at least 4 members (excludes halogenated alkanes) is 6. The zero-order valence-corrected chi connectivity index (χ0v) is 11.0. The molecule has 2 amide bonds. The smallest absolute Gasteiger partial charge is 0.314 e. The van der Waals surface area contributed by atoms with Crippen LogP contribution in [0.1, 0.15) is 65.2 Å². The average Bonchev–Trinajstić information content (AvgIpc) is 2.26. The Morgan fingerprint density at radius 1 is 0.875 bits per heavy atom. The third-order valence-corrected chi connectivity index (χ3v) is 2.84. The molecule has 2 N–H and O–H groups in total. The van der Waals surface area contributed by atoms with Gasteiger partial charge in [0.2, 0.25) is 0 Å². The lowest BCUT2D eigenvalue weighted by Crippen LogP contribution is -2.36. The molecule has 0 aromatic heterocycles. The maximum Gasteiger partial charge on any atom is 0.314 e. The van der Waals surface area contributed by atoms with Gasteiger partial charge in [-0.2, -0.15) is 0 Å². The topological polar surface area (TPSA) is 46.3 Å². The van der Waals surface area contributed by atoms with E-state index in [0.29, 0.717) is 0 Å². The molecule has 0 rings (SSSR count). The van der Waals surface area contributed by atoms with E-state index >= 15 is 0 Å². The molecule has 0 bridgehead atoms. The predicted molar refractivity (Wildman–Crippen MR) is 69.4 cm³/mol. The molecule has 0 atom stereocenters. The summed E-state index contributed by atoms with van der Waals surface area (Å²) in [7, 11) is 0. The molecular weight excluding hydrogens is 200 g/mol. The van der Waals surface area contributed by atoms with Crippen molar-refractivity contribution in [3.05, 3.63) is 0 Å². The first-order valence-corrected chi connectivity index (χ1v) is 6.76. The van der Waals surface area contributed by atoms with E-state index in [1.165, 1.54) is 38.5 Å². The lowest BCUT2D eigenvalue weighted by atomic mass is 10.1. The quantitative estimate of drug-likeness (QED) is 0.571. The average molecular weight is 228 g/mol. The number of carbonyl (C=O) groups is 1. The van der Waals surface area contributed by atoms with E-state index in [1.807, 2.05) is 0 Å². The second-order valence-electron chi connectivity index (χ2n) is 4.45. The van der Waals surface area contributed by atoms with Gasteiger partial charge in [-0.25, -0.2) is 4.79 Å². The minimum atomic E-state index is -0.271. The molecule has 0 spiro atoms. The molecular formula is C13H28N2O. The van der Waals surface area contributed by atoms with Crippen LogP contribution in [0.2, 0.25) is 0 Å². The van der Waals surface area contributed by atoms with E-state index in [-0.39, 0.29) is 6.03 Å². The maximum absolute atomic E-state index is 11.0. The fraction of sp³-hybridized carbons (Fsp3) is 0.923. The molecule has 3 heteroatoms. The van der Waals surface area contributed by atoms with Crippen LogP contribution < -0.4 is 5.73 Å². The molecule has 0 saturated carbocycles. The number of hydrogen-bond acceptors (Lipinski definition) is 1. The van der Waals surface area contributed by atoms with Crippen LogP contribution in [0.4, 0.5) is 4.79 Å². The molecule has 0 aliphatic carbocycles. The molecule has 0 aromatic rings. The third kappa shape index (κ3) is 8.57. The summed E-state index contributed by atoms with van der Waals surface area (Å²) in [4.78, 5) is 12.8. The summed E-state index contributed by atoms with van der Waals surface area (Å²) in [5.74, 6) is 0. The monoisotopic (exact) mass is 228 g/mol. The van der Waals surface area contributed by atoms with E-state index in [0.717, 1.165) is 25.9 Å². The number of nitrogens with two attached hydrogens (primary N) is 1. The highest BCUT2D eigenvalue weighted by molar-refractivity contribution is 5.71. The number of primary amides is 1. The largest absolute Gasteiger partial charge is 0.351 e. The fourth-order valence-electron chi connectivity index (χ4n) is 1.86. The Balaban J connectivity index is 3.37. The van der Waals surface area contributed by atoms with Gasteiger partial charge in [-0.1, -0.05) is 52.4 Å². The molecule has 0 saturated heterocycles. The Kier molecular flexibility index (Phi) is 10.3.